The number of hydrogen-bond donors (Lipinski definition) is 0. The van der Waals surface area contributed by atoms with Crippen LogP contribution in [-0.4, -0.2) is 41.2 Å². The Kier molecular flexibility index (Phi) is 3.86. The van der Waals surface area contributed by atoms with Crippen LogP contribution in [0.1, 0.15) is 50.2 Å². The molecule has 1 saturated carbocycles. The second-order valence-corrected chi connectivity index (χ2v) is 7.76. The van der Waals surface area contributed by atoms with Gasteiger partial charge >= 0.3 is 0 Å². The summed E-state index contributed by atoms with van der Waals surface area (Å²) in [5, 5.41) is 0. The zero-order valence-corrected chi connectivity index (χ0v) is 14.5. The van der Waals surface area contributed by atoms with Crippen molar-refractivity contribution in [3.05, 3.63) is 35.4 Å². The molecule has 3 aliphatic rings. The average molecular weight is 326 g/mol. The minimum atomic E-state index is -0.380. The number of carbonyl (C=O) groups is 2. The third-order valence-corrected chi connectivity index (χ3v) is 6.19. The predicted octanol–water partition coefficient (Wildman–Crippen LogP) is 2.71. The molecule has 2 fully saturated rings. The normalized spacial score (nSPS) is 27.6. The molecule has 0 N–H and O–H groups in total. The number of nitrogens with zero attached hydrogens (tertiary/aromatic N) is 2. The SMILES string of the molecule is CC12CN(C(=O)C3CCCCC3)CC(=O)N1CCc1ccccc12. The van der Waals surface area contributed by atoms with Gasteiger partial charge in [-0.15, -0.1) is 0 Å². The summed E-state index contributed by atoms with van der Waals surface area (Å²) in [7, 11) is 0. The molecule has 4 nitrogen and oxygen atoms in total. The molecule has 4 rings (SSSR count). The van der Waals surface area contributed by atoms with Crippen LogP contribution in [0.25, 0.3) is 0 Å². The van der Waals surface area contributed by atoms with Gasteiger partial charge < -0.3 is 9.80 Å². The van der Waals surface area contributed by atoms with E-state index in [0.717, 1.165) is 38.6 Å². The van der Waals surface area contributed by atoms with E-state index >= 15 is 0 Å². The van der Waals surface area contributed by atoms with E-state index in [4.69, 9.17) is 0 Å². The number of amides is 2. The summed E-state index contributed by atoms with van der Waals surface area (Å²) >= 11 is 0. The van der Waals surface area contributed by atoms with Gasteiger partial charge in [0.05, 0.1) is 12.1 Å². The number of piperazine rings is 1. The molecule has 1 aromatic rings. The van der Waals surface area contributed by atoms with Gasteiger partial charge in [-0.3, -0.25) is 9.59 Å². The van der Waals surface area contributed by atoms with Crippen LogP contribution in [0.2, 0.25) is 0 Å². The van der Waals surface area contributed by atoms with Crippen LogP contribution in [-0.2, 0) is 21.5 Å². The van der Waals surface area contributed by atoms with Gasteiger partial charge in [0.1, 0.15) is 0 Å². The van der Waals surface area contributed by atoms with Crippen molar-refractivity contribution in [3.8, 4) is 0 Å². The Morgan fingerprint density at radius 3 is 2.71 bits per heavy atom. The quantitative estimate of drug-likeness (QED) is 0.796. The van der Waals surface area contributed by atoms with Gasteiger partial charge in [-0.25, -0.2) is 0 Å². The van der Waals surface area contributed by atoms with Crippen molar-refractivity contribution < 1.29 is 9.59 Å². The van der Waals surface area contributed by atoms with E-state index in [2.05, 4.69) is 25.1 Å². The lowest BCUT2D eigenvalue weighted by Crippen LogP contribution is -2.65. The summed E-state index contributed by atoms with van der Waals surface area (Å²) in [6.45, 7) is 3.78. The van der Waals surface area contributed by atoms with Crippen LogP contribution in [0, 0.1) is 5.92 Å². The van der Waals surface area contributed by atoms with Gasteiger partial charge in [-0.05, 0) is 37.3 Å². The van der Waals surface area contributed by atoms with E-state index in [1.54, 1.807) is 0 Å². The highest BCUT2D eigenvalue weighted by Crippen LogP contribution is 2.39. The molecule has 128 valence electrons. The molecule has 4 heteroatoms. The molecule has 24 heavy (non-hydrogen) atoms. The molecule has 1 unspecified atom stereocenters. The van der Waals surface area contributed by atoms with Crippen molar-refractivity contribution in [3.63, 3.8) is 0 Å². The molecule has 1 aromatic carbocycles. The molecule has 1 saturated heterocycles. The number of fused-ring (bicyclic) bond motifs is 3. The minimum Gasteiger partial charge on any atom is -0.330 e. The van der Waals surface area contributed by atoms with Crippen LogP contribution in [0.3, 0.4) is 0 Å². The third kappa shape index (κ3) is 2.43. The first-order valence-corrected chi connectivity index (χ1v) is 9.27. The minimum absolute atomic E-state index is 0.0995. The highest BCUT2D eigenvalue weighted by atomic mass is 16.2. The molecule has 2 amide bonds. The Labute approximate surface area is 143 Å². The predicted molar refractivity (Wildman–Crippen MR) is 92.4 cm³/mol. The van der Waals surface area contributed by atoms with Crippen molar-refractivity contribution in [2.24, 2.45) is 5.92 Å². The standard InChI is InChI=1S/C20H26N2O2/c1-20-14-21(19(24)16-8-3-2-4-9-16)13-18(23)22(20)12-11-15-7-5-6-10-17(15)20/h5-7,10,16H,2-4,8-9,11-14H2,1H3. The maximum atomic E-state index is 13.0. The van der Waals surface area contributed by atoms with Crippen molar-refractivity contribution in [1.29, 1.82) is 0 Å². The van der Waals surface area contributed by atoms with Gasteiger partial charge in [0.15, 0.2) is 0 Å². The zero-order chi connectivity index (χ0) is 16.7. The van der Waals surface area contributed by atoms with Crippen LogP contribution < -0.4 is 0 Å². The summed E-state index contributed by atoms with van der Waals surface area (Å²) in [5.74, 6) is 0.426. The molecular formula is C20H26N2O2. The lowest BCUT2D eigenvalue weighted by Gasteiger charge is -2.52. The lowest BCUT2D eigenvalue weighted by molar-refractivity contribution is -0.158. The Balaban J connectivity index is 1.63. The van der Waals surface area contributed by atoms with E-state index < -0.39 is 0 Å². The van der Waals surface area contributed by atoms with Crippen LogP contribution in [0.5, 0.6) is 0 Å². The van der Waals surface area contributed by atoms with Crippen LogP contribution in [0.15, 0.2) is 24.3 Å². The highest BCUT2D eigenvalue weighted by Gasteiger charge is 2.47. The molecule has 1 aliphatic carbocycles. The average Bonchev–Trinajstić information content (AvgIpc) is 2.61. The van der Waals surface area contributed by atoms with E-state index in [1.165, 1.54) is 17.5 Å². The molecule has 1 atom stereocenters. The van der Waals surface area contributed by atoms with Crippen molar-refractivity contribution in [2.45, 2.75) is 51.0 Å². The maximum Gasteiger partial charge on any atom is 0.242 e. The fourth-order valence-corrected chi connectivity index (χ4v) is 4.90. The molecule has 0 aromatic heterocycles. The highest BCUT2D eigenvalue weighted by molar-refractivity contribution is 5.88. The molecule has 2 heterocycles. The smallest absolute Gasteiger partial charge is 0.242 e. The van der Waals surface area contributed by atoms with Crippen molar-refractivity contribution >= 4 is 11.8 Å². The van der Waals surface area contributed by atoms with Gasteiger partial charge in [0, 0.05) is 19.0 Å². The van der Waals surface area contributed by atoms with E-state index in [9.17, 15) is 9.59 Å². The van der Waals surface area contributed by atoms with Crippen LogP contribution in [0.4, 0.5) is 0 Å². The summed E-state index contributed by atoms with van der Waals surface area (Å²) in [4.78, 5) is 29.6. The monoisotopic (exact) mass is 326 g/mol. The van der Waals surface area contributed by atoms with Gasteiger partial charge in [-0.1, -0.05) is 43.5 Å². The Hall–Kier alpha value is -1.84. The van der Waals surface area contributed by atoms with Crippen molar-refractivity contribution in [1.82, 2.24) is 9.80 Å². The summed E-state index contributed by atoms with van der Waals surface area (Å²) in [5.41, 5.74) is 2.15. The zero-order valence-electron chi connectivity index (χ0n) is 14.5. The Bertz CT molecular complexity index is 665. The summed E-state index contributed by atoms with van der Waals surface area (Å²) < 4.78 is 0. The van der Waals surface area contributed by atoms with Crippen molar-refractivity contribution in [2.75, 3.05) is 19.6 Å². The Morgan fingerprint density at radius 1 is 1.17 bits per heavy atom. The number of rotatable bonds is 1. The van der Waals surface area contributed by atoms with Crippen LogP contribution >= 0.6 is 0 Å². The van der Waals surface area contributed by atoms with Gasteiger partial charge in [0.25, 0.3) is 0 Å². The maximum absolute atomic E-state index is 13.0. The first-order valence-electron chi connectivity index (χ1n) is 9.27. The second-order valence-electron chi connectivity index (χ2n) is 7.76. The summed E-state index contributed by atoms with van der Waals surface area (Å²) in [6.07, 6.45) is 6.41. The molecular weight excluding hydrogens is 300 g/mol. The third-order valence-electron chi connectivity index (χ3n) is 6.19. The van der Waals surface area contributed by atoms with Gasteiger partial charge in [-0.2, -0.15) is 0 Å². The Morgan fingerprint density at radius 2 is 1.92 bits per heavy atom. The topological polar surface area (TPSA) is 40.6 Å². The molecule has 2 aliphatic heterocycles. The fraction of sp³-hybridized carbons (Fsp3) is 0.600. The fourth-order valence-electron chi connectivity index (χ4n) is 4.90. The second kappa shape index (κ2) is 5.91. The largest absolute Gasteiger partial charge is 0.330 e. The van der Waals surface area contributed by atoms with E-state index in [0.29, 0.717) is 6.54 Å². The van der Waals surface area contributed by atoms with E-state index in [1.807, 2.05) is 15.9 Å². The number of benzene rings is 1. The molecule has 0 spiro atoms. The number of carbonyl (C=O) groups excluding carboxylic acids is 2. The summed E-state index contributed by atoms with van der Waals surface area (Å²) in [6, 6.07) is 8.39. The first kappa shape index (κ1) is 15.7. The lowest BCUT2D eigenvalue weighted by atomic mass is 9.79. The first-order chi connectivity index (χ1) is 11.6. The number of hydrogen-bond acceptors (Lipinski definition) is 2. The van der Waals surface area contributed by atoms with E-state index in [-0.39, 0.29) is 29.8 Å². The van der Waals surface area contributed by atoms with Gasteiger partial charge in [0.2, 0.25) is 11.8 Å². The molecule has 0 bridgehead atoms. The molecule has 0 radical (unpaired) electrons.